The van der Waals surface area contributed by atoms with Crippen molar-refractivity contribution in [1.29, 1.82) is 0 Å². The highest BCUT2D eigenvalue weighted by atomic mass is 16.5. The smallest absolute Gasteiger partial charge is 0.309 e. The molecule has 78 valence electrons. The minimum atomic E-state index is -0.329. The van der Waals surface area contributed by atoms with Crippen LogP contribution < -0.4 is 0 Å². The summed E-state index contributed by atoms with van der Waals surface area (Å²) in [4.78, 5) is 21.9. The zero-order valence-electron chi connectivity index (χ0n) is 8.36. The van der Waals surface area contributed by atoms with Crippen LogP contribution in [0.4, 0.5) is 0 Å². The Labute approximate surface area is 82.9 Å². The molecule has 2 atom stereocenters. The minimum absolute atomic E-state index is 0.186. The molecule has 0 fully saturated rings. The Morgan fingerprint density at radius 2 is 2.14 bits per heavy atom. The molecule has 0 amide bonds. The monoisotopic (exact) mass is 198 g/mol. The molecule has 0 N–H and O–H groups in total. The molecular formula is C10H14O4. The Balaban J connectivity index is 2.51. The van der Waals surface area contributed by atoms with E-state index in [1.165, 1.54) is 14.0 Å². The fourth-order valence-electron chi connectivity index (χ4n) is 1.51. The van der Waals surface area contributed by atoms with E-state index in [9.17, 15) is 9.59 Å². The highest BCUT2D eigenvalue weighted by Crippen LogP contribution is 2.21. The van der Waals surface area contributed by atoms with Crippen molar-refractivity contribution >= 4 is 11.9 Å². The molecule has 4 nitrogen and oxygen atoms in total. The van der Waals surface area contributed by atoms with Crippen molar-refractivity contribution in [2.24, 2.45) is 5.92 Å². The number of hydrogen-bond donors (Lipinski definition) is 0. The van der Waals surface area contributed by atoms with E-state index in [1.54, 1.807) is 6.08 Å². The van der Waals surface area contributed by atoms with E-state index in [0.29, 0.717) is 12.8 Å². The summed E-state index contributed by atoms with van der Waals surface area (Å²) in [5.74, 6) is -0.758. The number of hydrogen-bond acceptors (Lipinski definition) is 4. The molecular weight excluding hydrogens is 184 g/mol. The van der Waals surface area contributed by atoms with Crippen LogP contribution in [0.3, 0.4) is 0 Å². The number of rotatable bonds is 2. The van der Waals surface area contributed by atoms with Crippen LogP contribution in [-0.2, 0) is 19.1 Å². The van der Waals surface area contributed by atoms with Gasteiger partial charge in [-0.2, -0.15) is 0 Å². The molecule has 0 saturated carbocycles. The summed E-state index contributed by atoms with van der Waals surface area (Å²) >= 11 is 0. The molecule has 1 rings (SSSR count). The lowest BCUT2D eigenvalue weighted by molar-refractivity contribution is -0.151. The van der Waals surface area contributed by atoms with E-state index in [4.69, 9.17) is 4.74 Å². The first-order chi connectivity index (χ1) is 6.63. The Bertz CT molecular complexity index is 257. The molecule has 0 unspecified atom stereocenters. The van der Waals surface area contributed by atoms with E-state index in [0.717, 1.165) is 0 Å². The number of methoxy groups -OCH3 is 1. The van der Waals surface area contributed by atoms with E-state index in [2.05, 4.69) is 4.74 Å². The van der Waals surface area contributed by atoms with E-state index >= 15 is 0 Å². The number of allylic oxidation sites excluding steroid dienone is 1. The van der Waals surface area contributed by atoms with E-state index in [-0.39, 0.29) is 24.0 Å². The fraction of sp³-hybridized carbons (Fsp3) is 0.600. The average Bonchev–Trinajstić information content (AvgIpc) is 2.16. The van der Waals surface area contributed by atoms with Crippen LogP contribution in [-0.4, -0.2) is 25.2 Å². The summed E-state index contributed by atoms with van der Waals surface area (Å²) in [6.07, 6.45) is 4.54. The van der Waals surface area contributed by atoms with Gasteiger partial charge < -0.3 is 9.47 Å². The van der Waals surface area contributed by atoms with Crippen molar-refractivity contribution in [2.75, 3.05) is 7.11 Å². The van der Waals surface area contributed by atoms with Crippen molar-refractivity contribution in [1.82, 2.24) is 0 Å². The van der Waals surface area contributed by atoms with Crippen molar-refractivity contribution in [2.45, 2.75) is 25.9 Å². The van der Waals surface area contributed by atoms with Gasteiger partial charge in [-0.1, -0.05) is 6.08 Å². The molecule has 4 heteroatoms. The summed E-state index contributed by atoms with van der Waals surface area (Å²) in [5.41, 5.74) is 0. The third kappa shape index (κ3) is 2.87. The molecule has 0 saturated heterocycles. The number of esters is 2. The van der Waals surface area contributed by atoms with Gasteiger partial charge in [-0.25, -0.2) is 0 Å². The fourth-order valence-corrected chi connectivity index (χ4v) is 1.51. The lowest BCUT2D eigenvalue weighted by Crippen LogP contribution is -2.26. The SMILES string of the molecule is COC(=O)[C@@H]1CC=C[C@@H](OC(C)=O)C1. The molecule has 0 radical (unpaired) electrons. The Hall–Kier alpha value is -1.32. The van der Waals surface area contributed by atoms with Gasteiger partial charge in [0.15, 0.2) is 0 Å². The standard InChI is InChI=1S/C10H14O4/c1-7(11)14-9-5-3-4-8(6-9)10(12)13-2/h3,5,8-9H,4,6H2,1-2H3/t8-,9-/m1/s1. The summed E-state index contributed by atoms with van der Waals surface area (Å²) in [6, 6.07) is 0. The van der Waals surface area contributed by atoms with Gasteiger partial charge in [0.25, 0.3) is 0 Å². The van der Waals surface area contributed by atoms with Crippen molar-refractivity contribution in [3.63, 3.8) is 0 Å². The van der Waals surface area contributed by atoms with Crippen LogP contribution >= 0.6 is 0 Å². The lowest BCUT2D eigenvalue weighted by atomic mass is 9.92. The maximum atomic E-state index is 11.2. The molecule has 0 aromatic rings. The number of carbonyl (C=O) groups excluding carboxylic acids is 2. The van der Waals surface area contributed by atoms with E-state index < -0.39 is 0 Å². The average molecular weight is 198 g/mol. The summed E-state index contributed by atoms with van der Waals surface area (Å²) in [5, 5.41) is 0. The number of carbonyl (C=O) groups is 2. The summed E-state index contributed by atoms with van der Waals surface area (Å²) in [6.45, 7) is 1.36. The first kappa shape index (κ1) is 10.8. The largest absolute Gasteiger partial charge is 0.469 e. The molecule has 0 aromatic carbocycles. The molecule has 1 aliphatic rings. The van der Waals surface area contributed by atoms with Gasteiger partial charge in [0.05, 0.1) is 13.0 Å². The zero-order chi connectivity index (χ0) is 10.6. The quantitative estimate of drug-likeness (QED) is 0.491. The first-order valence-electron chi connectivity index (χ1n) is 4.55. The summed E-state index contributed by atoms with van der Waals surface area (Å²) in [7, 11) is 1.36. The van der Waals surface area contributed by atoms with Crippen LogP contribution in [0.1, 0.15) is 19.8 Å². The minimum Gasteiger partial charge on any atom is -0.469 e. The normalized spacial score (nSPS) is 25.6. The highest BCUT2D eigenvalue weighted by molar-refractivity contribution is 5.73. The van der Waals surface area contributed by atoms with Crippen LogP contribution in [0.25, 0.3) is 0 Å². The third-order valence-electron chi connectivity index (χ3n) is 2.14. The van der Waals surface area contributed by atoms with Gasteiger partial charge in [-0.3, -0.25) is 9.59 Å². The molecule has 0 heterocycles. The van der Waals surface area contributed by atoms with Gasteiger partial charge in [0, 0.05) is 13.3 Å². The van der Waals surface area contributed by atoms with Crippen molar-refractivity contribution < 1.29 is 19.1 Å². The van der Waals surface area contributed by atoms with E-state index in [1.807, 2.05) is 6.08 Å². The first-order valence-corrected chi connectivity index (χ1v) is 4.55. The van der Waals surface area contributed by atoms with Crippen molar-refractivity contribution in [3.8, 4) is 0 Å². The Morgan fingerprint density at radius 3 is 2.71 bits per heavy atom. The molecule has 0 aliphatic heterocycles. The molecule has 0 spiro atoms. The molecule has 0 bridgehead atoms. The van der Waals surface area contributed by atoms with Gasteiger partial charge >= 0.3 is 11.9 Å². The Kier molecular flexibility index (Phi) is 3.68. The van der Waals surface area contributed by atoms with Gasteiger partial charge in [-0.15, -0.1) is 0 Å². The van der Waals surface area contributed by atoms with Crippen LogP contribution in [0.2, 0.25) is 0 Å². The second-order valence-corrected chi connectivity index (χ2v) is 3.27. The highest BCUT2D eigenvalue weighted by Gasteiger charge is 2.26. The summed E-state index contributed by atoms with van der Waals surface area (Å²) < 4.78 is 9.61. The van der Waals surface area contributed by atoms with Gasteiger partial charge in [0.1, 0.15) is 6.10 Å². The maximum absolute atomic E-state index is 11.2. The zero-order valence-corrected chi connectivity index (χ0v) is 8.36. The van der Waals surface area contributed by atoms with Gasteiger partial charge in [0.2, 0.25) is 0 Å². The predicted molar refractivity (Wildman–Crippen MR) is 49.4 cm³/mol. The molecule has 0 aromatic heterocycles. The van der Waals surface area contributed by atoms with Crippen LogP contribution in [0.5, 0.6) is 0 Å². The number of ether oxygens (including phenoxy) is 2. The second-order valence-electron chi connectivity index (χ2n) is 3.27. The van der Waals surface area contributed by atoms with Crippen LogP contribution in [0, 0.1) is 5.92 Å². The predicted octanol–water partition coefficient (Wildman–Crippen LogP) is 1.06. The third-order valence-corrected chi connectivity index (χ3v) is 2.14. The topological polar surface area (TPSA) is 52.6 Å². The maximum Gasteiger partial charge on any atom is 0.309 e. The van der Waals surface area contributed by atoms with Crippen LogP contribution in [0.15, 0.2) is 12.2 Å². The van der Waals surface area contributed by atoms with Crippen molar-refractivity contribution in [3.05, 3.63) is 12.2 Å². The Morgan fingerprint density at radius 1 is 1.43 bits per heavy atom. The van der Waals surface area contributed by atoms with Gasteiger partial charge in [-0.05, 0) is 12.5 Å². The molecule has 14 heavy (non-hydrogen) atoms. The second kappa shape index (κ2) is 4.79. The molecule has 1 aliphatic carbocycles. The lowest BCUT2D eigenvalue weighted by Gasteiger charge is -2.22.